The molecule has 1 saturated heterocycles. The topological polar surface area (TPSA) is 52.7 Å². The van der Waals surface area contributed by atoms with Gasteiger partial charge in [-0.2, -0.15) is 0 Å². The third-order valence-corrected chi connectivity index (χ3v) is 6.15. The number of piperidine rings is 1. The number of hydrogen-bond acceptors (Lipinski definition) is 4. The van der Waals surface area contributed by atoms with Gasteiger partial charge < -0.3 is 10.2 Å². The molecular formula is C27H23F2N3O2. The molecule has 2 aliphatic heterocycles. The number of imide groups is 1. The van der Waals surface area contributed by atoms with Gasteiger partial charge in [0.15, 0.2) is 0 Å². The number of rotatable bonds is 5. The van der Waals surface area contributed by atoms with Gasteiger partial charge in [0.25, 0.3) is 11.8 Å². The normalized spacial score (nSPS) is 16.4. The van der Waals surface area contributed by atoms with Crippen molar-refractivity contribution in [2.75, 3.05) is 28.2 Å². The Morgan fingerprint density at radius 1 is 0.765 bits per heavy atom. The molecular weight excluding hydrogens is 436 g/mol. The molecule has 0 radical (unpaired) electrons. The number of anilines is 3. The van der Waals surface area contributed by atoms with E-state index in [4.69, 9.17) is 0 Å². The van der Waals surface area contributed by atoms with Crippen molar-refractivity contribution >= 4 is 34.4 Å². The standard InChI is InChI=1S/C27H23F2N3O2/c28-19-9-14-22(29)23(17-19)32-26(33)24(18-7-3-1-4-8-18)25(27(32)34)30-20-10-12-21(13-11-20)31-15-5-2-6-16-31/h1,3-4,7-14,17,30H,2,5-6,15-16H2. The van der Waals surface area contributed by atoms with Crippen molar-refractivity contribution < 1.29 is 18.4 Å². The fourth-order valence-electron chi connectivity index (χ4n) is 4.45. The summed E-state index contributed by atoms with van der Waals surface area (Å²) in [5, 5.41) is 3.07. The maximum Gasteiger partial charge on any atom is 0.282 e. The van der Waals surface area contributed by atoms with E-state index in [0.717, 1.165) is 49.8 Å². The van der Waals surface area contributed by atoms with Crippen molar-refractivity contribution in [1.82, 2.24) is 0 Å². The monoisotopic (exact) mass is 459 g/mol. The number of hydrogen-bond donors (Lipinski definition) is 1. The van der Waals surface area contributed by atoms with Gasteiger partial charge in [0.05, 0.1) is 11.3 Å². The molecule has 5 nitrogen and oxygen atoms in total. The molecule has 172 valence electrons. The molecule has 2 amide bonds. The van der Waals surface area contributed by atoms with Crippen LogP contribution in [0.4, 0.5) is 25.8 Å². The Balaban J connectivity index is 1.51. The van der Waals surface area contributed by atoms with Crippen LogP contribution in [0, 0.1) is 11.6 Å². The highest BCUT2D eigenvalue weighted by atomic mass is 19.1. The van der Waals surface area contributed by atoms with Crippen LogP contribution < -0.4 is 15.1 Å². The summed E-state index contributed by atoms with van der Waals surface area (Å²) in [5.74, 6) is -3.06. The third-order valence-electron chi connectivity index (χ3n) is 6.15. The predicted molar refractivity (Wildman–Crippen MR) is 128 cm³/mol. The molecule has 2 aliphatic rings. The van der Waals surface area contributed by atoms with Gasteiger partial charge in [0.1, 0.15) is 17.3 Å². The molecule has 2 heterocycles. The number of amides is 2. The van der Waals surface area contributed by atoms with Gasteiger partial charge in [0, 0.05) is 30.5 Å². The SMILES string of the molecule is O=C1C(Nc2ccc(N3CCCCC3)cc2)=C(c2ccccc2)C(=O)N1c1cc(F)ccc1F. The molecule has 3 aromatic carbocycles. The third kappa shape index (κ3) is 4.05. The highest BCUT2D eigenvalue weighted by Gasteiger charge is 2.41. The predicted octanol–water partition coefficient (Wildman–Crippen LogP) is 5.35. The number of nitrogens with zero attached hydrogens (tertiary/aromatic N) is 2. The zero-order valence-electron chi connectivity index (χ0n) is 18.4. The Morgan fingerprint density at radius 3 is 2.18 bits per heavy atom. The summed E-state index contributed by atoms with van der Waals surface area (Å²) in [4.78, 5) is 29.7. The van der Waals surface area contributed by atoms with Gasteiger partial charge in [-0.15, -0.1) is 0 Å². The molecule has 0 atom stereocenters. The first-order valence-corrected chi connectivity index (χ1v) is 11.3. The van der Waals surface area contributed by atoms with E-state index in [-0.39, 0.29) is 11.3 Å². The molecule has 0 bridgehead atoms. The lowest BCUT2D eigenvalue weighted by molar-refractivity contribution is -0.120. The lowest BCUT2D eigenvalue weighted by Crippen LogP contribution is -2.33. The van der Waals surface area contributed by atoms with Crippen molar-refractivity contribution in [3.8, 4) is 0 Å². The van der Waals surface area contributed by atoms with Crippen LogP contribution in [-0.4, -0.2) is 24.9 Å². The molecule has 0 aliphatic carbocycles. The highest BCUT2D eigenvalue weighted by molar-refractivity contribution is 6.46. The van der Waals surface area contributed by atoms with Crippen molar-refractivity contribution in [2.45, 2.75) is 19.3 Å². The largest absolute Gasteiger partial charge is 0.372 e. The number of halogens is 2. The summed E-state index contributed by atoms with van der Waals surface area (Å²) in [5.41, 5.74) is 1.93. The molecule has 0 saturated carbocycles. The van der Waals surface area contributed by atoms with Crippen molar-refractivity contribution in [1.29, 1.82) is 0 Å². The average Bonchev–Trinajstić information content (AvgIpc) is 3.11. The minimum Gasteiger partial charge on any atom is -0.372 e. The summed E-state index contributed by atoms with van der Waals surface area (Å²) in [7, 11) is 0. The first-order chi connectivity index (χ1) is 16.5. The summed E-state index contributed by atoms with van der Waals surface area (Å²) in [6, 6.07) is 19.0. The molecule has 0 spiro atoms. The van der Waals surface area contributed by atoms with Crippen LogP contribution in [0.3, 0.4) is 0 Å². The molecule has 7 heteroatoms. The Kier molecular flexibility index (Phi) is 5.84. The van der Waals surface area contributed by atoms with Gasteiger partial charge in [-0.3, -0.25) is 9.59 Å². The summed E-state index contributed by atoms with van der Waals surface area (Å²) in [6.07, 6.45) is 3.57. The van der Waals surface area contributed by atoms with E-state index in [9.17, 15) is 18.4 Å². The lowest BCUT2D eigenvalue weighted by atomic mass is 10.0. The van der Waals surface area contributed by atoms with Crippen LogP contribution in [-0.2, 0) is 9.59 Å². The fourth-order valence-corrected chi connectivity index (χ4v) is 4.45. The number of nitrogens with one attached hydrogen (secondary N) is 1. The Morgan fingerprint density at radius 2 is 1.47 bits per heavy atom. The maximum atomic E-state index is 14.5. The second kappa shape index (κ2) is 9.09. The second-order valence-electron chi connectivity index (χ2n) is 8.38. The van der Waals surface area contributed by atoms with Crippen LogP contribution in [0.15, 0.2) is 78.5 Å². The summed E-state index contributed by atoms with van der Waals surface area (Å²) in [6.45, 7) is 2.02. The molecule has 1 N–H and O–H groups in total. The first-order valence-electron chi connectivity index (χ1n) is 11.3. The van der Waals surface area contributed by atoms with Crippen molar-refractivity contribution in [3.05, 3.63) is 95.7 Å². The average molecular weight is 459 g/mol. The molecule has 0 unspecified atom stereocenters. The number of benzene rings is 3. The zero-order valence-corrected chi connectivity index (χ0v) is 18.4. The van der Waals surface area contributed by atoms with Gasteiger partial charge in [-0.1, -0.05) is 30.3 Å². The van der Waals surface area contributed by atoms with Gasteiger partial charge >= 0.3 is 0 Å². The second-order valence-corrected chi connectivity index (χ2v) is 8.38. The van der Waals surface area contributed by atoms with Crippen LogP contribution in [0.1, 0.15) is 24.8 Å². The number of carbonyl (C=O) groups excluding carboxylic acids is 2. The smallest absolute Gasteiger partial charge is 0.282 e. The minimum absolute atomic E-state index is 0.0191. The Bertz CT molecular complexity index is 1270. The molecule has 3 aromatic rings. The van der Waals surface area contributed by atoms with E-state index in [2.05, 4.69) is 10.2 Å². The maximum absolute atomic E-state index is 14.5. The van der Waals surface area contributed by atoms with E-state index in [1.54, 1.807) is 30.3 Å². The Hall–Kier alpha value is -4.00. The molecule has 0 aromatic heterocycles. The minimum atomic E-state index is -0.859. The van der Waals surface area contributed by atoms with Crippen molar-refractivity contribution in [2.24, 2.45) is 0 Å². The van der Waals surface area contributed by atoms with Crippen LogP contribution in [0.5, 0.6) is 0 Å². The first kappa shape index (κ1) is 21.8. The molecule has 34 heavy (non-hydrogen) atoms. The van der Waals surface area contributed by atoms with Gasteiger partial charge in [0.2, 0.25) is 0 Å². The van der Waals surface area contributed by atoms with Crippen LogP contribution >= 0.6 is 0 Å². The van der Waals surface area contributed by atoms with Crippen molar-refractivity contribution in [3.63, 3.8) is 0 Å². The highest BCUT2D eigenvalue weighted by Crippen LogP contribution is 2.35. The zero-order chi connectivity index (χ0) is 23.7. The van der Waals surface area contributed by atoms with Crippen LogP contribution in [0.25, 0.3) is 5.57 Å². The molecule has 1 fully saturated rings. The van der Waals surface area contributed by atoms with E-state index in [0.29, 0.717) is 16.2 Å². The van der Waals surface area contributed by atoms with E-state index < -0.39 is 29.1 Å². The van der Waals surface area contributed by atoms with E-state index in [1.165, 1.54) is 6.42 Å². The fraction of sp³-hybridized carbons (Fsp3) is 0.185. The van der Waals surface area contributed by atoms with E-state index in [1.807, 2.05) is 24.3 Å². The Labute approximate surface area is 196 Å². The van der Waals surface area contributed by atoms with Gasteiger partial charge in [-0.05, 0) is 61.2 Å². The van der Waals surface area contributed by atoms with Gasteiger partial charge in [-0.25, -0.2) is 13.7 Å². The summed E-state index contributed by atoms with van der Waals surface area (Å²) < 4.78 is 28.4. The lowest BCUT2D eigenvalue weighted by Gasteiger charge is -2.28. The van der Waals surface area contributed by atoms with Crippen LogP contribution in [0.2, 0.25) is 0 Å². The number of carbonyl (C=O) groups is 2. The summed E-state index contributed by atoms with van der Waals surface area (Å²) >= 11 is 0. The van der Waals surface area contributed by atoms with E-state index >= 15 is 0 Å². The quantitative estimate of drug-likeness (QED) is 0.523. The molecule has 5 rings (SSSR count).